The SMILES string of the molecule is CC1(C)CCC(CNC2CCC(=O)NC2=O)O1. The second kappa shape index (κ2) is 4.74. The summed E-state index contributed by atoms with van der Waals surface area (Å²) in [6, 6.07) is -0.250. The Bertz CT molecular complexity index is 328. The van der Waals surface area contributed by atoms with Crippen molar-refractivity contribution in [1.82, 2.24) is 10.6 Å². The molecule has 0 saturated carbocycles. The number of ether oxygens (including phenoxy) is 1. The van der Waals surface area contributed by atoms with Crippen molar-refractivity contribution >= 4 is 11.8 Å². The van der Waals surface area contributed by atoms with Crippen molar-refractivity contribution in [3.05, 3.63) is 0 Å². The van der Waals surface area contributed by atoms with Gasteiger partial charge >= 0.3 is 0 Å². The molecule has 2 unspecified atom stereocenters. The van der Waals surface area contributed by atoms with Gasteiger partial charge in [-0.1, -0.05) is 0 Å². The van der Waals surface area contributed by atoms with Crippen molar-refractivity contribution in [2.75, 3.05) is 6.54 Å². The second-order valence-electron chi connectivity index (χ2n) is 5.45. The molecule has 96 valence electrons. The third-order valence-corrected chi connectivity index (χ3v) is 3.39. The van der Waals surface area contributed by atoms with Gasteiger partial charge in [0.15, 0.2) is 0 Å². The Morgan fingerprint density at radius 2 is 2.18 bits per heavy atom. The first-order chi connectivity index (χ1) is 7.96. The van der Waals surface area contributed by atoms with Gasteiger partial charge in [-0.05, 0) is 33.1 Å². The van der Waals surface area contributed by atoms with Crippen molar-refractivity contribution in [2.24, 2.45) is 0 Å². The molecule has 0 aromatic carbocycles. The van der Waals surface area contributed by atoms with Crippen LogP contribution in [0.5, 0.6) is 0 Å². The molecular formula is C12H20N2O3. The average molecular weight is 240 g/mol. The van der Waals surface area contributed by atoms with Crippen LogP contribution in [0.25, 0.3) is 0 Å². The Balaban J connectivity index is 1.75. The van der Waals surface area contributed by atoms with Gasteiger partial charge in [-0.3, -0.25) is 14.9 Å². The lowest BCUT2D eigenvalue weighted by atomic mass is 10.0. The molecule has 0 aromatic heterocycles. The van der Waals surface area contributed by atoms with E-state index < -0.39 is 0 Å². The highest BCUT2D eigenvalue weighted by atomic mass is 16.5. The average Bonchev–Trinajstić information content (AvgIpc) is 2.57. The molecule has 2 saturated heterocycles. The number of hydrogen-bond acceptors (Lipinski definition) is 4. The smallest absolute Gasteiger partial charge is 0.243 e. The second-order valence-corrected chi connectivity index (χ2v) is 5.45. The standard InChI is InChI=1S/C12H20N2O3/c1-12(2)6-5-8(17-12)7-13-9-3-4-10(15)14-11(9)16/h8-9,13H,3-7H2,1-2H3,(H,14,15,16). The quantitative estimate of drug-likeness (QED) is 0.698. The lowest BCUT2D eigenvalue weighted by molar-refractivity contribution is -0.134. The van der Waals surface area contributed by atoms with E-state index in [0.29, 0.717) is 19.4 Å². The predicted octanol–water partition coefficient (Wildman–Crippen LogP) is 0.339. The summed E-state index contributed by atoms with van der Waals surface area (Å²) in [5, 5.41) is 5.52. The summed E-state index contributed by atoms with van der Waals surface area (Å²) >= 11 is 0. The van der Waals surface area contributed by atoms with Gasteiger partial charge in [0.05, 0.1) is 17.7 Å². The Morgan fingerprint density at radius 3 is 2.76 bits per heavy atom. The molecule has 17 heavy (non-hydrogen) atoms. The normalized spacial score (nSPS) is 32.6. The highest BCUT2D eigenvalue weighted by Gasteiger charge is 2.33. The van der Waals surface area contributed by atoms with Crippen molar-refractivity contribution in [3.63, 3.8) is 0 Å². The monoisotopic (exact) mass is 240 g/mol. The Hall–Kier alpha value is -0.940. The Kier molecular flexibility index (Phi) is 3.49. The van der Waals surface area contributed by atoms with Gasteiger partial charge in [0.2, 0.25) is 11.8 Å². The summed E-state index contributed by atoms with van der Waals surface area (Å²) in [6.45, 7) is 4.84. The fourth-order valence-electron chi connectivity index (χ4n) is 2.38. The van der Waals surface area contributed by atoms with Crippen molar-refractivity contribution in [2.45, 2.75) is 57.3 Å². The van der Waals surface area contributed by atoms with Gasteiger partial charge in [-0.2, -0.15) is 0 Å². The minimum Gasteiger partial charge on any atom is -0.371 e. The molecule has 0 aliphatic carbocycles. The fraction of sp³-hybridized carbons (Fsp3) is 0.833. The minimum atomic E-state index is -0.250. The summed E-state index contributed by atoms with van der Waals surface area (Å²) in [4.78, 5) is 22.5. The van der Waals surface area contributed by atoms with Crippen LogP contribution in [0.2, 0.25) is 0 Å². The van der Waals surface area contributed by atoms with E-state index in [9.17, 15) is 9.59 Å². The van der Waals surface area contributed by atoms with Crippen LogP contribution in [-0.4, -0.2) is 36.1 Å². The lowest BCUT2D eigenvalue weighted by Crippen LogP contribution is -2.52. The molecule has 2 aliphatic heterocycles. The highest BCUT2D eigenvalue weighted by Crippen LogP contribution is 2.28. The zero-order valence-corrected chi connectivity index (χ0v) is 10.4. The molecule has 5 nitrogen and oxygen atoms in total. The number of carbonyl (C=O) groups excluding carboxylic acids is 2. The van der Waals surface area contributed by atoms with Gasteiger partial charge in [0.25, 0.3) is 0 Å². The summed E-state index contributed by atoms with van der Waals surface area (Å²) in [6.07, 6.45) is 3.25. The Labute approximate surface area is 101 Å². The molecule has 5 heteroatoms. The van der Waals surface area contributed by atoms with E-state index in [4.69, 9.17) is 4.74 Å². The lowest BCUT2D eigenvalue weighted by Gasteiger charge is -2.24. The third kappa shape index (κ3) is 3.26. The van der Waals surface area contributed by atoms with E-state index in [0.717, 1.165) is 12.8 Å². The molecule has 2 heterocycles. The number of carbonyl (C=O) groups is 2. The number of hydrogen-bond donors (Lipinski definition) is 2. The summed E-state index contributed by atoms with van der Waals surface area (Å²) in [5.74, 6) is -0.384. The van der Waals surface area contributed by atoms with Gasteiger partial charge in [0.1, 0.15) is 0 Å². The molecule has 0 bridgehead atoms. The van der Waals surface area contributed by atoms with Crippen LogP contribution in [0, 0.1) is 0 Å². The van der Waals surface area contributed by atoms with Gasteiger partial charge < -0.3 is 10.1 Å². The molecule has 2 aliphatic rings. The van der Waals surface area contributed by atoms with E-state index in [1.165, 1.54) is 0 Å². The van der Waals surface area contributed by atoms with Gasteiger partial charge in [0, 0.05) is 13.0 Å². The third-order valence-electron chi connectivity index (χ3n) is 3.39. The first kappa shape index (κ1) is 12.5. The number of piperidine rings is 1. The maximum atomic E-state index is 11.5. The molecule has 0 aromatic rings. The number of nitrogens with one attached hydrogen (secondary N) is 2. The molecule has 2 N–H and O–H groups in total. The maximum Gasteiger partial charge on any atom is 0.243 e. The highest BCUT2D eigenvalue weighted by molar-refractivity contribution is 6.00. The van der Waals surface area contributed by atoms with Gasteiger partial charge in [-0.15, -0.1) is 0 Å². The van der Waals surface area contributed by atoms with Crippen LogP contribution in [0.3, 0.4) is 0 Å². The van der Waals surface area contributed by atoms with Crippen LogP contribution in [0.15, 0.2) is 0 Å². The van der Waals surface area contributed by atoms with Crippen LogP contribution >= 0.6 is 0 Å². The largest absolute Gasteiger partial charge is 0.371 e. The Morgan fingerprint density at radius 1 is 1.41 bits per heavy atom. The predicted molar refractivity (Wildman–Crippen MR) is 62.4 cm³/mol. The zero-order chi connectivity index (χ0) is 12.5. The minimum absolute atomic E-state index is 0.0445. The van der Waals surface area contributed by atoms with E-state index in [1.807, 2.05) is 0 Å². The fourth-order valence-corrected chi connectivity index (χ4v) is 2.38. The van der Waals surface area contributed by atoms with Crippen LogP contribution < -0.4 is 10.6 Å². The summed E-state index contributed by atoms with van der Waals surface area (Å²) < 4.78 is 5.84. The van der Waals surface area contributed by atoms with E-state index in [-0.39, 0.29) is 29.6 Å². The van der Waals surface area contributed by atoms with E-state index in [2.05, 4.69) is 24.5 Å². The van der Waals surface area contributed by atoms with Crippen LogP contribution in [0.1, 0.15) is 39.5 Å². The molecule has 2 rings (SSSR count). The summed E-state index contributed by atoms with van der Waals surface area (Å²) in [5.41, 5.74) is -0.0445. The molecular weight excluding hydrogens is 220 g/mol. The van der Waals surface area contributed by atoms with Crippen LogP contribution in [-0.2, 0) is 14.3 Å². The van der Waals surface area contributed by atoms with Crippen molar-refractivity contribution in [3.8, 4) is 0 Å². The van der Waals surface area contributed by atoms with E-state index in [1.54, 1.807) is 0 Å². The van der Waals surface area contributed by atoms with Gasteiger partial charge in [-0.25, -0.2) is 0 Å². The topological polar surface area (TPSA) is 67.4 Å². The zero-order valence-electron chi connectivity index (χ0n) is 10.4. The number of amides is 2. The molecule has 2 atom stereocenters. The molecule has 2 fully saturated rings. The summed E-state index contributed by atoms with van der Waals surface area (Å²) in [7, 11) is 0. The number of imide groups is 1. The van der Waals surface area contributed by atoms with E-state index >= 15 is 0 Å². The molecule has 0 spiro atoms. The number of rotatable bonds is 3. The van der Waals surface area contributed by atoms with Crippen molar-refractivity contribution in [1.29, 1.82) is 0 Å². The molecule has 2 amide bonds. The van der Waals surface area contributed by atoms with Crippen molar-refractivity contribution < 1.29 is 14.3 Å². The first-order valence-corrected chi connectivity index (χ1v) is 6.21. The maximum absolute atomic E-state index is 11.5. The van der Waals surface area contributed by atoms with Crippen LogP contribution in [0.4, 0.5) is 0 Å². The molecule has 0 radical (unpaired) electrons. The first-order valence-electron chi connectivity index (χ1n) is 6.21.